The van der Waals surface area contributed by atoms with Gasteiger partial charge in [0, 0.05) is 37.2 Å². The van der Waals surface area contributed by atoms with Crippen LogP contribution in [-0.4, -0.2) is 50.3 Å². The zero-order valence-corrected chi connectivity index (χ0v) is 20.7. The summed E-state index contributed by atoms with van der Waals surface area (Å²) < 4.78 is 2.23. The highest BCUT2D eigenvalue weighted by Crippen LogP contribution is 2.36. The summed E-state index contributed by atoms with van der Waals surface area (Å²) in [6, 6.07) is 8.64. The molecule has 3 aliphatic rings. The summed E-state index contributed by atoms with van der Waals surface area (Å²) in [7, 11) is 1.92. The first-order chi connectivity index (χ1) is 17.1. The predicted octanol–water partition coefficient (Wildman–Crippen LogP) is 3.50. The molecule has 6 rings (SSSR count). The van der Waals surface area contributed by atoms with Crippen molar-refractivity contribution >= 4 is 17.5 Å². The summed E-state index contributed by atoms with van der Waals surface area (Å²) in [6.45, 7) is 6.50. The van der Waals surface area contributed by atoms with Crippen molar-refractivity contribution in [2.75, 3.05) is 23.4 Å². The fraction of sp³-hybridized carbons (Fsp3) is 0.500. The van der Waals surface area contributed by atoms with Crippen molar-refractivity contribution in [1.82, 2.24) is 30.0 Å². The molecule has 0 aromatic carbocycles. The summed E-state index contributed by atoms with van der Waals surface area (Å²) >= 11 is 0. The molecule has 3 aliphatic heterocycles. The second-order valence-electron chi connectivity index (χ2n) is 9.85. The molecule has 0 aliphatic carbocycles. The van der Waals surface area contributed by atoms with Gasteiger partial charge in [-0.15, -0.1) is 10.2 Å². The Kier molecular flexibility index (Phi) is 5.51. The van der Waals surface area contributed by atoms with Crippen LogP contribution in [0.15, 0.2) is 24.3 Å². The van der Waals surface area contributed by atoms with E-state index >= 15 is 0 Å². The molecule has 0 radical (unpaired) electrons. The minimum absolute atomic E-state index is 0.0181. The van der Waals surface area contributed by atoms with Crippen molar-refractivity contribution in [2.24, 2.45) is 0 Å². The number of amides is 1. The Hall–Kier alpha value is -3.33. The zero-order valence-electron chi connectivity index (χ0n) is 20.7. The van der Waals surface area contributed by atoms with E-state index in [1.807, 2.05) is 31.3 Å². The number of hydrogen-bond acceptors (Lipinski definition) is 7. The molecule has 1 saturated heterocycles. The molecule has 1 fully saturated rings. The highest BCUT2D eigenvalue weighted by Gasteiger charge is 2.35. The lowest BCUT2D eigenvalue weighted by molar-refractivity contribution is 0.0996. The van der Waals surface area contributed by atoms with Crippen molar-refractivity contribution in [2.45, 2.75) is 71.1 Å². The van der Waals surface area contributed by atoms with E-state index < -0.39 is 0 Å². The molecule has 35 heavy (non-hydrogen) atoms. The fourth-order valence-corrected chi connectivity index (χ4v) is 5.83. The quantitative estimate of drug-likeness (QED) is 0.587. The average molecular weight is 473 g/mol. The lowest BCUT2D eigenvalue weighted by atomic mass is 10.1. The molecule has 1 N–H and O–H groups in total. The third-order valence-corrected chi connectivity index (χ3v) is 7.72. The SMILES string of the molecule is CC[C@H]1CCc2nnc(-c3cccc(N4Cc5c(cc(N6CCC[C@H]6C)nc5CNC)C4=O)n3)n21. The van der Waals surface area contributed by atoms with Gasteiger partial charge in [0.25, 0.3) is 5.91 Å². The maximum absolute atomic E-state index is 13.7. The van der Waals surface area contributed by atoms with Gasteiger partial charge in [-0.05, 0) is 57.9 Å². The van der Waals surface area contributed by atoms with Crippen LogP contribution >= 0.6 is 0 Å². The van der Waals surface area contributed by atoms with E-state index in [0.29, 0.717) is 31.0 Å². The molecule has 9 nitrogen and oxygen atoms in total. The molecule has 182 valence electrons. The zero-order chi connectivity index (χ0) is 24.1. The van der Waals surface area contributed by atoms with Crippen LogP contribution < -0.4 is 15.1 Å². The molecule has 9 heteroatoms. The Morgan fingerprint density at radius 1 is 1.14 bits per heavy atom. The summed E-state index contributed by atoms with van der Waals surface area (Å²) in [5, 5.41) is 12.1. The van der Waals surface area contributed by atoms with Gasteiger partial charge in [0.05, 0.1) is 17.8 Å². The van der Waals surface area contributed by atoms with E-state index in [1.165, 1.54) is 0 Å². The number of pyridine rings is 2. The highest BCUT2D eigenvalue weighted by molar-refractivity contribution is 6.10. The number of fused-ring (bicyclic) bond motifs is 2. The average Bonchev–Trinajstić information content (AvgIpc) is 3.64. The van der Waals surface area contributed by atoms with Crippen LogP contribution in [-0.2, 0) is 19.5 Å². The van der Waals surface area contributed by atoms with Crippen LogP contribution in [0.25, 0.3) is 11.5 Å². The number of anilines is 2. The van der Waals surface area contributed by atoms with Crippen molar-refractivity contribution < 1.29 is 4.79 Å². The smallest absolute Gasteiger partial charge is 0.260 e. The lowest BCUT2D eigenvalue weighted by Gasteiger charge is -2.24. The van der Waals surface area contributed by atoms with Crippen molar-refractivity contribution in [3.63, 3.8) is 0 Å². The first-order valence-corrected chi connectivity index (χ1v) is 12.8. The number of aryl methyl sites for hydroxylation is 1. The maximum atomic E-state index is 13.7. The fourth-order valence-electron chi connectivity index (χ4n) is 5.83. The summed E-state index contributed by atoms with van der Waals surface area (Å²) in [4.78, 5) is 27.7. The van der Waals surface area contributed by atoms with E-state index in [0.717, 1.165) is 78.6 Å². The molecular formula is C26H32N8O. The van der Waals surface area contributed by atoms with Gasteiger partial charge in [0.1, 0.15) is 23.2 Å². The number of nitrogens with one attached hydrogen (secondary N) is 1. The van der Waals surface area contributed by atoms with Gasteiger partial charge in [-0.1, -0.05) is 13.0 Å². The van der Waals surface area contributed by atoms with Crippen molar-refractivity contribution in [1.29, 1.82) is 0 Å². The van der Waals surface area contributed by atoms with Gasteiger partial charge in [0.15, 0.2) is 5.82 Å². The number of nitrogens with zero attached hydrogens (tertiary/aromatic N) is 7. The van der Waals surface area contributed by atoms with Gasteiger partial charge in [-0.2, -0.15) is 0 Å². The van der Waals surface area contributed by atoms with E-state index in [2.05, 4.69) is 38.8 Å². The van der Waals surface area contributed by atoms with Crippen LogP contribution in [0.1, 0.15) is 73.0 Å². The monoisotopic (exact) mass is 472 g/mol. The molecule has 0 saturated carbocycles. The van der Waals surface area contributed by atoms with Crippen LogP contribution in [0.2, 0.25) is 0 Å². The number of aromatic nitrogens is 5. The standard InChI is InChI=1S/C26H32N8O/c1-4-17-10-11-23-30-31-25(34(17)23)20-8-5-9-22(28-20)33-15-19-18(26(33)35)13-24(29-21(19)14-27-3)32-12-6-7-16(32)2/h5,8-9,13,16-17,27H,4,6-7,10-12,14-15H2,1-3H3/t16-,17+/m1/s1. The summed E-state index contributed by atoms with van der Waals surface area (Å²) in [5.41, 5.74) is 3.42. The number of hydrogen-bond donors (Lipinski definition) is 1. The topological polar surface area (TPSA) is 92.1 Å². The van der Waals surface area contributed by atoms with Crippen LogP contribution in [0.4, 0.5) is 11.6 Å². The van der Waals surface area contributed by atoms with Crippen molar-refractivity contribution in [3.8, 4) is 11.5 Å². The molecule has 2 atom stereocenters. The molecule has 3 aromatic heterocycles. The molecule has 3 aromatic rings. The van der Waals surface area contributed by atoms with Gasteiger partial charge < -0.3 is 14.8 Å². The second kappa shape index (κ2) is 8.71. The largest absolute Gasteiger partial charge is 0.354 e. The number of carbonyl (C=O) groups is 1. The van der Waals surface area contributed by atoms with Crippen LogP contribution in [0, 0.1) is 0 Å². The van der Waals surface area contributed by atoms with Gasteiger partial charge in [-0.25, -0.2) is 9.97 Å². The van der Waals surface area contributed by atoms with Gasteiger partial charge in [-0.3, -0.25) is 9.69 Å². The molecule has 0 bridgehead atoms. The first kappa shape index (κ1) is 22.2. The first-order valence-electron chi connectivity index (χ1n) is 12.8. The second-order valence-corrected chi connectivity index (χ2v) is 9.85. The van der Waals surface area contributed by atoms with Gasteiger partial charge in [0.2, 0.25) is 0 Å². The predicted molar refractivity (Wildman–Crippen MR) is 134 cm³/mol. The Bertz CT molecular complexity index is 1280. The normalized spacial score (nSPS) is 21.2. The van der Waals surface area contributed by atoms with E-state index in [9.17, 15) is 4.79 Å². The van der Waals surface area contributed by atoms with Crippen LogP contribution in [0.3, 0.4) is 0 Å². The highest BCUT2D eigenvalue weighted by atomic mass is 16.2. The van der Waals surface area contributed by atoms with E-state index in [4.69, 9.17) is 9.97 Å². The molecule has 0 unspecified atom stereocenters. The van der Waals surface area contributed by atoms with E-state index in [-0.39, 0.29) is 5.91 Å². The number of carbonyl (C=O) groups excluding carboxylic acids is 1. The number of rotatable bonds is 6. The Balaban J connectivity index is 1.36. The third kappa shape index (κ3) is 3.60. The van der Waals surface area contributed by atoms with Gasteiger partial charge >= 0.3 is 0 Å². The Morgan fingerprint density at radius 2 is 2.03 bits per heavy atom. The molecule has 1 amide bonds. The molecular weight excluding hydrogens is 440 g/mol. The Morgan fingerprint density at radius 3 is 2.80 bits per heavy atom. The third-order valence-electron chi connectivity index (χ3n) is 7.72. The molecule has 0 spiro atoms. The van der Waals surface area contributed by atoms with E-state index in [1.54, 1.807) is 4.90 Å². The maximum Gasteiger partial charge on any atom is 0.260 e. The van der Waals surface area contributed by atoms with Crippen molar-refractivity contribution in [3.05, 3.63) is 46.9 Å². The minimum Gasteiger partial charge on any atom is -0.354 e. The van der Waals surface area contributed by atoms with Crippen LogP contribution in [0.5, 0.6) is 0 Å². The molecule has 6 heterocycles. The Labute approximate surface area is 205 Å². The summed E-state index contributed by atoms with van der Waals surface area (Å²) in [5.74, 6) is 3.34. The lowest BCUT2D eigenvalue weighted by Crippen LogP contribution is -2.28. The summed E-state index contributed by atoms with van der Waals surface area (Å²) in [6.07, 6.45) is 5.39. The minimum atomic E-state index is -0.0181.